The number of rotatable bonds is 3. The van der Waals surface area contributed by atoms with Crippen LogP contribution in [0.1, 0.15) is 21.5 Å². The number of anilines is 1. The lowest BCUT2D eigenvalue weighted by atomic mass is 10.1. The monoisotopic (exact) mass is 436 g/mol. The van der Waals surface area contributed by atoms with Crippen molar-refractivity contribution >= 4 is 38.6 Å². The van der Waals surface area contributed by atoms with Gasteiger partial charge >= 0.3 is 0 Å². The van der Waals surface area contributed by atoms with Gasteiger partial charge in [-0.1, -0.05) is 22.0 Å². The minimum Gasteiger partial charge on any atom is -0.507 e. The third-order valence-corrected chi connectivity index (χ3v) is 5.07. The van der Waals surface area contributed by atoms with Crippen molar-refractivity contribution in [2.45, 2.75) is 13.8 Å². The Balaban J connectivity index is 1.62. The van der Waals surface area contributed by atoms with Gasteiger partial charge in [-0.05, 0) is 67.4 Å². The first kappa shape index (κ1) is 18.3. The number of hydrogen-bond donors (Lipinski definition) is 2. The predicted molar refractivity (Wildman–Crippen MR) is 113 cm³/mol. The summed E-state index contributed by atoms with van der Waals surface area (Å²) >= 11 is 3.35. The van der Waals surface area contributed by atoms with Gasteiger partial charge in [-0.2, -0.15) is 0 Å². The average molecular weight is 437 g/mol. The lowest BCUT2D eigenvalue weighted by Gasteiger charge is -2.08. The van der Waals surface area contributed by atoms with E-state index in [4.69, 9.17) is 4.42 Å². The standard InChI is InChI=1S/C22H17BrN2O3/c1-12-8-18-20(9-13(12)2)28-22(25-18)17-7-6-16(11-19(17)26)24-21(27)14-4-3-5-15(23)10-14/h3-11,26H,1-2H3,(H,24,27). The van der Waals surface area contributed by atoms with Crippen LogP contribution in [-0.4, -0.2) is 16.0 Å². The number of amides is 1. The molecule has 3 aromatic carbocycles. The van der Waals surface area contributed by atoms with Gasteiger partial charge in [0.05, 0.1) is 5.56 Å². The highest BCUT2D eigenvalue weighted by molar-refractivity contribution is 9.10. The van der Waals surface area contributed by atoms with Gasteiger partial charge in [0.1, 0.15) is 11.3 Å². The number of benzene rings is 3. The van der Waals surface area contributed by atoms with Gasteiger partial charge in [0.25, 0.3) is 5.91 Å². The molecule has 0 atom stereocenters. The topological polar surface area (TPSA) is 75.4 Å². The number of hydrogen-bond acceptors (Lipinski definition) is 4. The maximum absolute atomic E-state index is 12.4. The number of phenolic OH excluding ortho intramolecular Hbond substituents is 1. The zero-order valence-corrected chi connectivity index (χ0v) is 16.9. The molecule has 0 fully saturated rings. The smallest absolute Gasteiger partial charge is 0.255 e. The zero-order chi connectivity index (χ0) is 19.8. The Morgan fingerprint density at radius 3 is 2.61 bits per heavy atom. The highest BCUT2D eigenvalue weighted by atomic mass is 79.9. The highest BCUT2D eigenvalue weighted by Crippen LogP contribution is 2.33. The van der Waals surface area contributed by atoms with Crippen molar-refractivity contribution in [2.75, 3.05) is 5.32 Å². The number of nitrogens with zero attached hydrogens (tertiary/aromatic N) is 1. The molecule has 4 aromatic rings. The van der Waals surface area contributed by atoms with E-state index in [0.717, 1.165) is 21.1 Å². The van der Waals surface area contributed by atoms with E-state index in [9.17, 15) is 9.90 Å². The van der Waals surface area contributed by atoms with Crippen molar-refractivity contribution in [1.29, 1.82) is 0 Å². The summed E-state index contributed by atoms with van der Waals surface area (Å²) in [4.78, 5) is 16.8. The van der Waals surface area contributed by atoms with Gasteiger partial charge in [-0.3, -0.25) is 4.79 Å². The van der Waals surface area contributed by atoms with Gasteiger partial charge in [0.2, 0.25) is 5.89 Å². The number of nitrogens with one attached hydrogen (secondary N) is 1. The molecular weight excluding hydrogens is 420 g/mol. The largest absolute Gasteiger partial charge is 0.507 e. The molecule has 0 bridgehead atoms. The second-order valence-corrected chi connectivity index (χ2v) is 7.54. The van der Waals surface area contributed by atoms with Gasteiger partial charge in [-0.25, -0.2) is 4.98 Å². The maximum Gasteiger partial charge on any atom is 0.255 e. The summed E-state index contributed by atoms with van der Waals surface area (Å²) in [5, 5.41) is 13.2. The van der Waals surface area contributed by atoms with Crippen LogP contribution < -0.4 is 5.32 Å². The van der Waals surface area contributed by atoms with E-state index in [1.807, 2.05) is 32.0 Å². The summed E-state index contributed by atoms with van der Waals surface area (Å²) < 4.78 is 6.63. The van der Waals surface area contributed by atoms with Crippen LogP contribution in [0.2, 0.25) is 0 Å². The molecule has 28 heavy (non-hydrogen) atoms. The third kappa shape index (κ3) is 3.51. The molecule has 0 aliphatic rings. The van der Waals surface area contributed by atoms with Crippen molar-refractivity contribution in [2.24, 2.45) is 0 Å². The fourth-order valence-corrected chi connectivity index (χ4v) is 3.32. The molecule has 0 saturated heterocycles. The van der Waals surface area contributed by atoms with Crippen molar-refractivity contribution in [3.05, 3.63) is 75.8 Å². The Labute approximate surface area is 170 Å². The van der Waals surface area contributed by atoms with E-state index < -0.39 is 0 Å². The van der Waals surface area contributed by atoms with Crippen molar-refractivity contribution in [3.63, 3.8) is 0 Å². The van der Waals surface area contributed by atoms with E-state index in [-0.39, 0.29) is 11.7 Å². The van der Waals surface area contributed by atoms with Crippen molar-refractivity contribution in [3.8, 4) is 17.2 Å². The molecular formula is C22H17BrN2O3. The first-order chi connectivity index (χ1) is 13.4. The first-order valence-corrected chi connectivity index (χ1v) is 9.48. The predicted octanol–water partition coefficient (Wildman–Crippen LogP) is 5.83. The molecule has 1 aromatic heterocycles. The van der Waals surface area contributed by atoms with Crippen LogP contribution in [0.4, 0.5) is 5.69 Å². The number of fused-ring (bicyclic) bond motifs is 1. The minimum atomic E-state index is -0.263. The molecule has 5 nitrogen and oxygen atoms in total. The Morgan fingerprint density at radius 2 is 1.86 bits per heavy atom. The normalized spacial score (nSPS) is 11.0. The molecule has 0 radical (unpaired) electrons. The molecule has 0 spiro atoms. The minimum absolute atomic E-state index is 0.0213. The van der Waals surface area contributed by atoms with E-state index in [1.165, 1.54) is 6.07 Å². The summed E-state index contributed by atoms with van der Waals surface area (Å²) in [6, 6.07) is 15.8. The van der Waals surface area contributed by atoms with Gasteiger partial charge in [-0.15, -0.1) is 0 Å². The van der Waals surface area contributed by atoms with Crippen molar-refractivity contribution in [1.82, 2.24) is 4.98 Å². The van der Waals surface area contributed by atoms with E-state index in [0.29, 0.717) is 28.3 Å². The van der Waals surface area contributed by atoms with Gasteiger partial charge < -0.3 is 14.8 Å². The van der Waals surface area contributed by atoms with Gasteiger partial charge in [0.15, 0.2) is 5.58 Å². The molecule has 0 unspecified atom stereocenters. The summed E-state index contributed by atoms with van der Waals surface area (Å²) in [5.74, 6) is 0.0515. The summed E-state index contributed by atoms with van der Waals surface area (Å²) in [6.07, 6.45) is 0. The van der Waals surface area contributed by atoms with Crippen LogP contribution >= 0.6 is 15.9 Å². The molecule has 1 heterocycles. The average Bonchev–Trinajstić information content (AvgIpc) is 3.04. The second kappa shape index (κ2) is 7.13. The SMILES string of the molecule is Cc1cc2nc(-c3ccc(NC(=O)c4cccc(Br)c4)cc3O)oc2cc1C. The van der Waals surface area contributed by atoms with Crippen LogP contribution in [0.15, 0.2) is 63.5 Å². The fraction of sp³-hybridized carbons (Fsp3) is 0.0909. The second-order valence-electron chi connectivity index (χ2n) is 6.62. The molecule has 6 heteroatoms. The molecule has 140 valence electrons. The maximum atomic E-state index is 12.4. The Hall–Kier alpha value is -3.12. The van der Waals surface area contributed by atoms with E-state index >= 15 is 0 Å². The van der Waals surface area contributed by atoms with E-state index in [2.05, 4.69) is 26.2 Å². The van der Waals surface area contributed by atoms with Gasteiger partial charge in [0, 0.05) is 21.8 Å². The Kier molecular flexibility index (Phi) is 4.65. The quantitative estimate of drug-likeness (QED) is 0.423. The van der Waals surface area contributed by atoms with Crippen LogP contribution in [-0.2, 0) is 0 Å². The lowest BCUT2D eigenvalue weighted by Crippen LogP contribution is -2.11. The van der Waals surface area contributed by atoms with Crippen LogP contribution in [0.5, 0.6) is 5.75 Å². The molecule has 0 aliphatic heterocycles. The molecule has 2 N–H and O–H groups in total. The summed E-state index contributed by atoms with van der Waals surface area (Å²) in [7, 11) is 0. The molecule has 0 aliphatic carbocycles. The van der Waals surface area contributed by atoms with E-state index in [1.54, 1.807) is 30.3 Å². The van der Waals surface area contributed by atoms with Crippen LogP contribution in [0.25, 0.3) is 22.6 Å². The molecule has 0 saturated carbocycles. The third-order valence-electron chi connectivity index (χ3n) is 4.58. The first-order valence-electron chi connectivity index (χ1n) is 8.69. The van der Waals surface area contributed by atoms with Crippen LogP contribution in [0.3, 0.4) is 0 Å². The number of aromatic nitrogens is 1. The number of phenols is 1. The zero-order valence-electron chi connectivity index (χ0n) is 15.3. The number of aromatic hydroxyl groups is 1. The molecule has 4 rings (SSSR count). The Bertz CT molecular complexity index is 1170. The lowest BCUT2D eigenvalue weighted by molar-refractivity contribution is 0.102. The summed E-state index contributed by atoms with van der Waals surface area (Å²) in [6.45, 7) is 4.03. The number of oxazole rings is 1. The highest BCUT2D eigenvalue weighted by Gasteiger charge is 2.15. The van der Waals surface area contributed by atoms with Crippen LogP contribution in [0, 0.1) is 13.8 Å². The number of carbonyl (C=O) groups is 1. The van der Waals surface area contributed by atoms with Crippen molar-refractivity contribution < 1.29 is 14.3 Å². The summed E-state index contributed by atoms with van der Waals surface area (Å²) in [5.41, 5.74) is 5.12. The Morgan fingerprint density at radius 1 is 1.07 bits per heavy atom. The fourth-order valence-electron chi connectivity index (χ4n) is 2.92. The number of carbonyl (C=O) groups excluding carboxylic acids is 1. The number of halogens is 1. The molecule has 1 amide bonds. The number of aryl methyl sites for hydroxylation is 2.